The standard InChI is InChI=1S/C13H15ClN2O4S3/c1-2-9-15-22(17,18)11-5-3-10(4-6-11)16-23(19,20)13-8-7-12(14)21-13/h3-8,15-16H,2,9H2,1H3. The van der Waals surface area contributed by atoms with E-state index in [1.807, 2.05) is 6.92 Å². The Bertz CT molecular complexity index is 874. The molecule has 0 atom stereocenters. The zero-order valence-electron chi connectivity index (χ0n) is 12.1. The molecule has 0 aliphatic heterocycles. The maximum atomic E-state index is 12.1. The summed E-state index contributed by atoms with van der Waals surface area (Å²) in [6, 6.07) is 8.38. The van der Waals surface area contributed by atoms with Crippen molar-refractivity contribution in [3.63, 3.8) is 0 Å². The molecule has 0 radical (unpaired) electrons. The number of halogens is 1. The predicted molar refractivity (Wildman–Crippen MR) is 92.1 cm³/mol. The molecule has 0 aliphatic rings. The van der Waals surface area contributed by atoms with Crippen LogP contribution in [0.4, 0.5) is 5.69 Å². The normalized spacial score (nSPS) is 12.3. The third kappa shape index (κ3) is 4.67. The molecule has 0 fully saturated rings. The van der Waals surface area contributed by atoms with Gasteiger partial charge in [-0.25, -0.2) is 21.6 Å². The number of thiophene rings is 1. The Morgan fingerprint density at radius 2 is 1.65 bits per heavy atom. The Morgan fingerprint density at radius 3 is 2.17 bits per heavy atom. The topological polar surface area (TPSA) is 92.3 Å². The van der Waals surface area contributed by atoms with Crippen LogP contribution in [-0.4, -0.2) is 23.4 Å². The van der Waals surface area contributed by atoms with Crippen LogP contribution in [0.2, 0.25) is 4.34 Å². The van der Waals surface area contributed by atoms with E-state index in [1.54, 1.807) is 0 Å². The van der Waals surface area contributed by atoms with E-state index in [0.717, 1.165) is 11.3 Å². The summed E-state index contributed by atoms with van der Waals surface area (Å²) in [5, 5.41) is 0. The molecule has 23 heavy (non-hydrogen) atoms. The SMILES string of the molecule is CCCNS(=O)(=O)c1ccc(NS(=O)(=O)c2ccc(Cl)s2)cc1. The first kappa shape index (κ1) is 18.2. The number of benzene rings is 1. The number of hydrogen-bond donors (Lipinski definition) is 2. The van der Waals surface area contributed by atoms with Gasteiger partial charge >= 0.3 is 0 Å². The third-order valence-electron chi connectivity index (χ3n) is 2.77. The summed E-state index contributed by atoms with van der Waals surface area (Å²) in [7, 11) is -7.31. The molecule has 0 spiro atoms. The highest BCUT2D eigenvalue weighted by Gasteiger charge is 2.18. The van der Waals surface area contributed by atoms with E-state index in [-0.39, 0.29) is 14.8 Å². The van der Waals surface area contributed by atoms with Gasteiger partial charge in [0, 0.05) is 12.2 Å². The molecule has 2 aromatic rings. The minimum absolute atomic E-state index is 0.0769. The van der Waals surface area contributed by atoms with Gasteiger partial charge in [-0.05, 0) is 42.8 Å². The molecule has 0 saturated heterocycles. The number of rotatable bonds is 7. The number of anilines is 1. The second-order valence-corrected chi connectivity index (χ2v) is 9.98. The maximum Gasteiger partial charge on any atom is 0.271 e. The van der Waals surface area contributed by atoms with Gasteiger partial charge in [0.25, 0.3) is 10.0 Å². The summed E-state index contributed by atoms with van der Waals surface area (Å²) in [4.78, 5) is 0.0769. The van der Waals surface area contributed by atoms with Crippen LogP contribution in [0, 0.1) is 0 Å². The van der Waals surface area contributed by atoms with Crippen LogP contribution in [0.15, 0.2) is 45.5 Å². The molecule has 0 aliphatic carbocycles. The molecule has 1 heterocycles. The van der Waals surface area contributed by atoms with Crippen molar-refractivity contribution in [3.8, 4) is 0 Å². The largest absolute Gasteiger partial charge is 0.279 e. The summed E-state index contributed by atoms with van der Waals surface area (Å²) in [6.45, 7) is 2.20. The van der Waals surface area contributed by atoms with Crippen molar-refractivity contribution >= 4 is 48.7 Å². The van der Waals surface area contributed by atoms with Gasteiger partial charge in [-0.2, -0.15) is 0 Å². The average molecular weight is 395 g/mol. The van der Waals surface area contributed by atoms with Gasteiger partial charge in [0.15, 0.2) is 0 Å². The molecule has 1 aromatic carbocycles. The first-order chi connectivity index (χ1) is 10.7. The van der Waals surface area contributed by atoms with Gasteiger partial charge < -0.3 is 0 Å². The Morgan fingerprint density at radius 1 is 1.00 bits per heavy atom. The van der Waals surface area contributed by atoms with Crippen molar-refractivity contribution in [1.29, 1.82) is 0 Å². The Hall–Kier alpha value is -1.13. The lowest BCUT2D eigenvalue weighted by molar-refractivity contribution is 0.581. The van der Waals surface area contributed by atoms with Crippen molar-refractivity contribution in [2.45, 2.75) is 22.4 Å². The van der Waals surface area contributed by atoms with E-state index in [0.29, 0.717) is 17.3 Å². The minimum atomic E-state index is -3.74. The molecule has 0 bridgehead atoms. The maximum absolute atomic E-state index is 12.1. The van der Waals surface area contributed by atoms with E-state index in [4.69, 9.17) is 11.6 Å². The first-order valence-electron chi connectivity index (χ1n) is 6.62. The Labute approximate surface area is 144 Å². The fraction of sp³-hybridized carbons (Fsp3) is 0.231. The predicted octanol–water partition coefficient (Wildman–Crippen LogP) is 2.89. The zero-order chi connectivity index (χ0) is 17.1. The molecule has 1 aromatic heterocycles. The van der Waals surface area contributed by atoms with Crippen LogP contribution in [0.5, 0.6) is 0 Å². The van der Waals surface area contributed by atoms with E-state index in [2.05, 4.69) is 9.44 Å². The molecule has 0 saturated carbocycles. The Balaban J connectivity index is 2.17. The fourth-order valence-corrected chi connectivity index (χ4v) is 5.34. The van der Waals surface area contributed by atoms with Crippen molar-refractivity contribution in [1.82, 2.24) is 4.72 Å². The van der Waals surface area contributed by atoms with E-state index in [9.17, 15) is 16.8 Å². The van der Waals surface area contributed by atoms with Gasteiger partial charge in [0.1, 0.15) is 4.21 Å². The van der Waals surface area contributed by atoms with Gasteiger partial charge in [-0.3, -0.25) is 4.72 Å². The molecule has 0 amide bonds. The molecule has 0 unspecified atom stereocenters. The quantitative estimate of drug-likeness (QED) is 0.755. The van der Waals surface area contributed by atoms with E-state index in [1.165, 1.54) is 36.4 Å². The van der Waals surface area contributed by atoms with Crippen LogP contribution >= 0.6 is 22.9 Å². The lowest BCUT2D eigenvalue weighted by Gasteiger charge is -2.08. The summed E-state index contributed by atoms with van der Waals surface area (Å²) in [6.07, 6.45) is 0.681. The second kappa shape index (κ2) is 7.18. The third-order valence-corrected chi connectivity index (χ3v) is 7.35. The van der Waals surface area contributed by atoms with Crippen LogP contribution in [0.25, 0.3) is 0 Å². The average Bonchev–Trinajstić information content (AvgIpc) is 2.93. The summed E-state index contributed by atoms with van der Waals surface area (Å²) in [5.41, 5.74) is 0.268. The summed E-state index contributed by atoms with van der Waals surface area (Å²) >= 11 is 6.67. The highest BCUT2D eigenvalue weighted by Crippen LogP contribution is 2.27. The fourth-order valence-electron chi connectivity index (χ4n) is 1.67. The zero-order valence-corrected chi connectivity index (χ0v) is 15.3. The smallest absolute Gasteiger partial charge is 0.271 e. The van der Waals surface area contributed by atoms with Gasteiger partial charge in [0.2, 0.25) is 10.0 Å². The minimum Gasteiger partial charge on any atom is -0.279 e. The number of nitrogens with one attached hydrogen (secondary N) is 2. The van der Waals surface area contributed by atoms with E-state index >= 15 is 0 Å². The Kier molecular flexibility index (Phi) is 5.69. The lowest BCUT2D eigenvalue weighted by Crippen LogP contribution is -2.24. The van der Waals surface area contributed by atoms with Crippen LogP contribution < -0.4 is 9.44 Å². The monoisotopic (exact) mass is 394 g/mol. The molecule has 126 valence electrons. The number of sulfonamides is 2. The van der Waals surface area contributed by atoms with Gasteiger partial charge in [0.05, 0.1) is 9.23 Å². The van der Waals surface area contributed by atoms with Crippen LogP contribution in [-0.2, 0) is 20.0 Å². The summed E-state index contributed by atoms with van der Waals surface area (Å²) < 4.78 is 53.5. The van der Waals surface area contributed by atoms with Crippen LogP contribution in [0.3, 0.4) is 0 Å². The highest BCUT2D eigenvalue weighted by molar-refractivity contribution is 7.94. The lowest BCUT2D eigenvalue weighted by atomic mass is 10.3. The first-order valence-corrected chi connectivity index (χ1v) is 10.8. The molecule has 10 heteroatoms. The van der Waals surface area contributed by atoms with Crippen LogP contribution in [0.1, 0.15) is 13.3 Å². The summed E-state index contributed by atoms with van der Waals surface area (Å²) in [5.74, 6) is 0. The van der Waals surface area contributed by atoms with E-state index < -0.39 is 20.0 Å². The molecule has 6 nitrogen and oxygen atoms in total. The highest BCUT2D eigenvalue weighted by atomic mass is 35.5. The van der Waals surface area contributed by atoms with Gasteiger partial charge in [-0.1, -0.05) is 18.5 Å². The molecular formula is C13H15ClN2O4S3. The number of hydrogen-bond acceptors (Lipinski definition) is 5. The second-order valence-electron chi connectivity index (χ2n) is 4.59. The van der Waals surface area contributed by atoms with Gasteiger partial charge in [-0.15, -0.1) is 11.3 Å². The van der Waals surface area contributed by atoms with Crippen molar-refractivity contribution in [2.24, 2.45) is 0 Å². The molecule has 2 rings (SSSR count). The van der Waals surface area contributed by atoms with Crippen molar-refractivity contribution in [2.75, 3.05) is 11.3 Å². The molecular weight excluding hydrogens is 380 g/mol. The van der Waals surface area contributed by atoms with Crippen molar-refractivity contribution in [3.05, 3.63) is 40.7 Å². The van der Waals surface area contributed by atoms with Crippen molar-refractivity contribution < 1.29 is 16.8 Å². The molecule has 2 N–H and O–H groups in total.